The van der Waals surface area contributed by atoms with E-state index in [2.05, 4.69) is 28.9 Å². The minimum absolute atomic E-state index is 0.0518. The van der Waals surface area contributed by atoms with Gasteiger partial charge < -0.3 is 14.7 Å². The minimum Gasteiger partial charge on any atom is -0.492 e. The Bertz CT molecular complexity index is 912. The molecule has 2 fully saturated rings. The molecule has 1 aromatic rings. The minimum atomic E-state index is -0.567. The molecule has 2 atom stereocenters. The number of rotatable bonds is 7. The summed E-state index contributed by atoms with van der Waals surface area (Å²) in [7, 11) is 2.09. The number of amides is 3. The van der Waals surface area contributed by atoms with Crippen molar-refractivity contribution in [3.05, 3.63) is 29.3 Å². The van der Waals surface area contributed by atoms with E-state index in [1.165, 1.54) is 9.91 Å². The summed E-state index contributed by atoms with van der Waals surface area (Å²) >= 11 is 0. The number of urea groups is 1. The lowest BCUT2D eigenvalue weighted by molar-refractivity contribution is -0.130. The molecule has 3 aliphatic rings. The number of hydrogen-bond acceptors (Lipinski definition) is 7. The molecule has 180 valence electrons. The van der Waals surface area contributed by atoms with Crippen LogP contribution in [0.1, 0.15) is 56.8 Å². The summed E-state index contributed by atoms with van der Waals surface area (Å²) in [4.78, 5) is 32.3. The van der Waals surface area contributed by atoms with Crippen LogP contribution in [0.4, 0.5) is 4.79 Å². The first kappa shape index (κ1) is 23.7. The summed E-state index contributed by atoms with van der Waals surface area (Å²) in [6.45, 7) is 7.92. The Morgan fingerprint density at radius 2 is 1.91 bits per heavy atom. The number of nitrogens with zero attached hydrogens (tertiary/aromatic N) is 5. The lowest BCUT2D eigenvalue weighted by atomic mass is 9.98. The highest BCUT2D eigenvalue weighted by molar-refractivity contribution is 6.06. The van der Waals surface area contributed by atoms with E-state index in [1.807, 2.05) is 25.1 Å². The maximum Gasteiger partial charge on any atom is 0.349 e. The quantitative estimate of drug-likeness (QED) is 0.632. The molecule has 0 spiro atoms. The molecule has 33 heavy (non-hydrogen) atoms. The van der Waals surface area contributed by atoms with Gasteiger partial charge in [0.1, 0.15) is 12.3 Å². The van der Waals surface area contributed by atoms with E-state index in [1.54, 1.807) is 0 Å². The number of hydrazone groups is 1. The van der Waals surface area contributed by atoms with E-state index >= 15 is 0 Å². The third kappa shape index (κ3) is 4.90. The first-order chi connectivity index (χ1) is 15.9. The highest BCUT2D eigenvalue weighted by atomic mass is 16.5. The predicted molar refractivity (Wildman–Crippen MR) is 125 cm³/mol. The van der Waals surface area contributed by atoms with Gasteiger partial charge in [-0.25, -0.2) is 14.7 Å². The molecule has 0 saturated carbocycles. The van der Waals surface area contributed by atoms with Crippen LogP contribution in [0.25, 0.3) is 0 Å². The third-order valence-electron chi connectivity index (χ3n) is 6.71. The number of ether oxygens (including phenoxy) is 1. The van der Waals surface area contributed by atoms with Gasteiger partial charge in [-0.05, 0) is 37.6 Å². The Morgan fingerprint density at radius 3 is 2.61 bits per heavy atom. The van der Waals surface area contributed by atoms with Crippen molar-refractivity contribution in [3.63, 3.8) is 0 Å². The van der Waals surface area contributed by atoms with Gasteiger partial charge in [0.05, 0.1) is 24.6 Å². The molecule has 0 aliphatic carbocycles. The molecule has 3 heterocycles. The lowest BCUT2D eigenvalue weighted by Gasteiger charge is -2.40. The Morgan fingerprint density at radius 1 is 1.15 bits per heavy atom. The van der Waals surface area contributed by atoms with Gasteiger partial charge in [0.2, 0.25) is 0 Å². The number of piperazine rings is 1. The summed E-state index contributed by atoms with van der Waals surface area (Å²) in [5.41, 5.74) is 2.27. The molecule has 4 rings (SSSR count). The van der Waals surface area contributed by atoms with Crippen molar-refractivity contribution in [2.75, 3.05) is 46.4 Å². The number of likely N-dealkylation sites (N-methyl/N-ethyl adjacent to an activating group) is 1. The fraction of sp³-hybridized carbons (Fsp3) is 0.625. The second-order valence-corrected chi connectivity index (χ2v) is 9.04. The van der Waals surface area contributed by atoms with Gasteiger partial charge in [-0.3, -0.25) is 9.69 Å². The van der Waals surface area contributed by atoms with E-state index in [0.29, 0.717) is 30.9 Å². The average molecular weight is 458 g/mol. The summed E-state index contributed by atoms with van der Waals surface area (Å²) in [6, 6.07) is 5.22. The van der Waals surface area contributed by atoms with Crippen molar-refractivity contribution in [3.8, 4) is 5.75 Å². The van der Waals surface area contributed by atoms with E-state index in [-0.39, 0.29) is 24.6 Å². The summed E-state index contributed by atoms with van der Waals surface area (Å²) in [5.74, 6) is 0.479. The van der Waals surface area contributed by atoms with Gasteiger partial charge in [-0.1, -0.05) is 26.3 Å². The summed E-state index contributed by atoms with van der Waals surface area (Å²) in [5, 5.41) is 16.2. The molecular formula is C24H35N5O4. The number of imide groups is 1. The molecule has 2 saturated heterocycles. The van der Waals surface area contributed by atoms with Crippen molar-refractivity contribution in [1.82, 2.24) is 19.7 Å². The molecule has 3 aliphatic heterocycles. The molecule has 0 radical (unpaired) electrons. The van der Waals surface area contributed by atoms with E-state index in [9.17, 15) is 14.7 Å². The number of benzene rings is 1. The van der Waals surface area contributed by atoms with Gasteiger partial charge in [0.25, 0.3) is 5.91 Å². The zero-order chi connectivity index (χ0) is 23.5. The van der Waals surface area contributed by atoms with Crippen molar-refractivity contribution >= 4 is 17.6 Å². The van der Waals surface area contributed by atoms with E-state index in [4.69, 9.17) is 4.74 Å². The monoisotopic (exact) mass is 457 g/mol. The predicted octanol–water partition coefficient (Wildman–Crippen LogP) is 2.25. The molecular weight excluding hydrogens is 422 g/mol. The first-order valence-electron chi connectivity index (χ1n) is 12.0. The Labute approximate surface area is 195 Å². The van der Waals surface area contributed by atoms with Crippen molar-refractivity contribution in [1.29, 1.82) is 0 Å². The van der Waals surface area contributed by atoms with Gasteiger partial charge >= 0.3 is 6.03 Å². The van der Waals surface area contributed by atoms with Gasteiger partial charge in [0, 0.05) is 38.2 Å². The standard InChI is InChI=1S/C24H35N5O4/c1-4-6-22(27-12-10-26(3)11-13-27)29-23(31)16-28(24(29)32)25-19-9-14-33-21-8-7-17(15-18(19)21)20(30)5-2/h7-8,15,20,22,30H,4-6,9-14,16H2,1-3H3/b25-19+. The zero-order valence-corrected chi connectivity index (χ0v) is 19.9. The second kappa shape index (κ2) is 10.2. The summed E-state index contributed by atoms with van der Waals surface area (Å²) < 4.78 is 5.76. The van der Waals surface area contributed by atoms with Crippen LogP contribution >= 0.6 is 0 Å². The Balaban J connectivity index is 1.58. The number of aliphatic hydroxyl groups is 1. The number of carbonyl (C=O) groups excluding carboxylic acids is 2. The van der Waals surface area contributed by atoms with Crippen LogP contribution in [-0.2, 0) is 4.79 Å². The lowest BCUT2D eigenvalue weighted by Crippen LogP contribution is -2.56. The van der Waals surface area contributed by atoms with Crippen molar-refractivity contribution in [2.45, 2.75) is 51.8 Å². The average Bonchev–Trinajstić information content (AvgIpc) is 3.10. The van der Waals surface area contributed by atoms with Crippen LogP contribution in [0, 0.1) is 0 Å². The van der Waals surface area contributed by atoms with E-state index in [0.717, 1.165) is 50.1 Å². The fourth-order valence-corrected chi connectivity index (χ4v) is 4.71. The van der Waals surface area contributed by atoms with Crippen LogP contribution < -0.4 is 4.74 Å². The molecule has 1 N–H and O–H groups in total. The second-order valence-electron chi connectivity index (χ2n) is 9.04. The SMILES string of the molecule is CCCC(N1CCN(C)CC1)N1C(=O)CN(/N=C2\CCOc3ccc(C(O)CC)cc32)C1=O. The third-order valence-corrected chi connectivity index (χ3v) is 6.71. The smallest absolute Gasteiger partial charge is 0.349 e. The van der Waals surface area contributed by atoms with Crippen LogP contribution in [0.5, 0.6) is 5.75 Å². The van der Waals surface area contributed by atoms with Crippen LogP contribution in [-0.4, -0.2) is 95.0 Å². The molecule has 1 aromatic carbocycles. The Kier molecular flexibility index (Phi) is 7.31. The highest BCUT2D eigenvalue weighted by Crippen LogP contribution is 2.30. The number of hydrogen-bond donors (Lipinski definition) is 1. The highest BCUT2D eigenvalue weighted by Gasteiger charge is 2.43. The number of fused-ring (bicyclic) bond motifs is 1. The van der Waals surface area contributed by atoms with E-state index < -0.39 is 6.10 Å². The largest absolute Gasteiger partial charge is 0.492 e. The molecule has 0 bridgehead atoms. The maximum atomic E-state index is 13.4. The van der Waals surface area contributed by atoms with Crippen LogP contribution in [0.2, 0.25) is 0 Å². The molecule has 0 aromatic heterocycles. The molecule has 3 amide bonds. The van der Waals surface area contributed by atoms with Gasteiger partial charge in [0.15, 0.2) is 0 Å². The first-order valence-corrected chi connectivity index (χ1v) is 12.0. The zero-order valence-electron chi connectivity index (χ0n) is 19.9. The normalized spacial score (nSPS) is 23.1. The summed E-state index contributed by atoms with van der Waals surface area (Å²) in [6.07, 6.45) is 1.97. The van der Waals surface area contributed by atoms with Crippen LogP contribution in [0.3, 0.4) is 0 Å². The fourth-order valence-electron chi connectivity index (χ4n) is 4.71. The van der Waals surface area contributed by atoms with Crippen molar-refractivity contribution in [2.24, 2.45) is 5.10 Å². The topological polar surface area (TPSA) is 88.9 Å². The van der Waals surface area contributed by atoms with Crippen LogP contribution in [0.15, 0.2) is 23.3 Å². The number of aliphatic hydroxyl groups excluding tert-OH is 1. The Hall–Kier alpha value is -2.49. The van der Waals surface area contributed by atoms with Crippen molar-refractivity contribution < 1.29 is 19.4 Å². The van der Waals surface area contributed by atoms with Gasteiger partial charge in [-0.2, -0.15) is 5.10 Å². The molecule has 9 nitrogen and oxygen atoms in total. The maximum absolute atomic E-state index is 13.4. The molecule has 9 heteroatoms. The van der Waals surface area contributed by atoms with Gasteiger partial charge in [-0.15, -0.1) is 0 Å². The number of carbonyl (C=O) groups is 2. The molecule has 2 unspecified atom stereocenters.